The van der Waals surface area contributed by atoms with Crippen molar-refractivity contribution in [1.82, 2.24) is 14.9 Å². The number of imidazole rings is 1. The molecular weight excluding hydrogens is 330 g/mol. The maximum atomic E-state index is 5.87. The molecule has 0 amide bonds. The van der Waals surface area contributed by atoms with E-state index in [1.807, 2.05) is 18.5 Å². The molecule has 1 aliphatic carbocycles. The third-order valence-corrected chi connectivity index (χ3v) is 4.29. The molecule has 1 heterocycles. The largest absolute Gasteiger partial charge is 0.485 e. The third-order valence-electron chi connectivity index (χ3n) is 3.67. The van der Waals surface area contributed by atoms with Gasteiger partial charge in [0.2, 0.25) is 0 Å². The molecule has 0 aliphatic heterocycles. The van der Waals surface area contributed by atoms with Crippen LogP contribution in [0.2, 0.25) is 0 Å². The molecule has 4 nitrogen and oxygen atoms in total. The fourth-order valence-electron chi connectivity index (χ4n) is 2.23. The molecule has 1 aromatic heterocycles. The minimum atomic E-state index is 0.485. The van der Waals surface area contributed by atoms with Gasteiger partial charge in [-0.3, -0.25) is 0 Å². The molecule has 21 heavy (non-hydrogen) atoms. The monoisotopic (exact) mass is 349 g/mol. The molecule has 3 rings (SSSR count). The second-order valence-corrected chi connectivity index (χ2v) is 6.19. The van der Waals surface area contributed by atoms with Crippen LogP contribution in [0.4, 0.5) is 0 Å². The Bertz CT molecular complexity index is 607. The van der Waals surface area contributed by atoms with E-state index in [-0.39, 0.29) is 0 Å². The Balaban J connectivity index is 1.59. The number of hydrogen-bond acceptors (Lipinski definition) is 3. The summed E-state index contributed by atoms with van der Waals surface area (Å²) in [5.41, 5.74) is 1.27. The second kappa shape index (κ2) is 6.62. The molecular formula is C16H20BrN3O. The summed E-state index contributed by atoms with van der Waals surface area (Å²) in [6.45, 7) is 4.41. The SMILES string of the molecule is CCn1ccnc1COc1ccc(CNC2CC2)cc1Br. The van der Waals surface area contributed by atoms with E-state index >= 15 is 0 Å². The zero-order valence-electron chi connectivity index (χ0n) is 12.2. The predicted molar refractivity (Wildman–Crippen MR) is 86.2 cm³/mol. The quantitative estimate of drug-likeness (QED) is 0.831. The van der Waals surface area contributed by atoms with Gasteiger partial charge in [0.1, 0.15) is 18.2 Å². The van der Waals surface area contributed by atoms with E-state index in [0.717, 1.165) is 35.2 Å². The van der Waals surface area contributed by atoms with Crippen molar-refractivity contribution < 1.29 is 4.74 Å². The number of halogens is 1. The highest BCUT2D eigenvalue weighted by molar-refractivity contribution is 9.10. The van der Waals surface area contributed by atoms with Gasteiger partial charge in [0.15, 0.2) is 0 Å². The lowest BCUT2D eigenvalue weighted by Crippen LogP contribution is -2.15. The van der Waals surface area contributed by atoms with Crippen molar-refractivity contribution in [2.24, 2.45) is 0 Å². The van der Waals surface area contributed by atoms with Crippen LogP contribution in [0.15, 0.2) is 35.1 Å². The highest BCUT2D eigenvalue weighted by Gasteiger charge is 2.20. The Morgan fingerprint density at radius 2 is 2.29 bits per heavy atom. The lowest BCUT2D eigenvalue weighted by Gasteiger charge is -2.11. The van der Waals surface area contributed by atoms with Gasteiger partial charge in [-0.2, -0.15) is 0 Å². The minimum Gasteiger partial charge on any atom is -0.485 e. The molecule has 5 heteroatoms. The minimum absolute atomic E-state index is 0.485. The first-order valence-electron chi connectivity index (χ1n) is 7.41. The summed E-state index contributed by atoms with van der Waals surface area (Å²) < 4.78 is 8.94. The molecule has 0 spiro atoms. The molecule has 1 fully saturated rings. The molecule has 0 atom stereocenters. The van der Waals surface area contributed by atoms with E-state index in [9.17, 15) is 0 Å². The number of nitrogens with zero attached hydrogens (tertiary/aromatic N) is 2. The summed E-state index contributed by atoms with van der Waals surface area (Å²) in [6, 6.07) is 6.99. The maximum absolute atomic E-state index is 5.87. The second-order valence-electron chi connectivity index (χ2n) is 5.34. The number of aryl methyl sites for hydroxylation is 1. The van der Waals surface area contributed by atoms with Gasteiger partial charge in [-0.1, -0.05) is 6.07 Å². The van der Waals surface area contributed by atoms with Crippen molar-refractivity contribution in [2.75, 3.05) is 0 Å². The summed E-state index contributed by atoms with van der Waals surface area (Å²) in [6.07, 6.45) is 6.41. The maximum Gasteiger partial charge on any atom is 0.146 e. The van der Waals surface area contributed by atoms with Gasteiger partial charge in [-0.25, -0.2) is 4.98 Å². The van der Waals surface area contributed by atoms with E-state index in [1.54, 1.807) is 0 Å². The highest BCUT2D eigenvalue weighted by Crippen LogP contribution is 2.27. The molecule has 112 valence electrons. The van der Waals surface area contributed by atoms with Crippen molar-refractivity contribution >= 4 is 15.9 Å². The van der Waals surface area contributed by atoms with Gasteiger partial charge in [-0.05, 0) is 53.4 Å². The Kier molecular flexibility index (Phi) is 4.60. The Labute approximate surface area is 133 Å². The fourth-order valence-corrected chi connectivity index (χ4v) is 2.77. The van der Waals surface area contributed by atoms with Crippen LogP contribution in [-0.4, -0.2) is 15.6 Å². The molecule has 0 unspecified atom stereocenters. The lowest BCUT2D eigenvalue weighted by atomic mass is 10.2. The lowest BCUT2D eigenvalue weighted by molar-refractivity contribution is 0.288. The third kappa shape index (κ3) is 3.86. The van der Waals surface area contributed by atoms with Crippen molar-refractivity contribution in [2.45, 2.75) is 45.5 Å². The summed E-state index contributed by atoms with van der Waals surface area (Å²) >= 11 is 3.59. The Morgan fingerprint density at radius 1 is 1.43 bits per heavy atom. The van der Waals surface area contributed by atoms with Crippen molar-refractivity contribution in [1.29, 1.82) is 0 Å². The van der Waals surface area contributed by atoms with Crippen LogP contribution in [0.5, 0.6) is 5.75 Å². The van der Waals surface area contributed by atoms with Gasteiger partial charge < -0.3 is 14.6 Å². The molecule has 2 aromatic rings. The molecule has 0 radical (unpaired) electrons. The fraction of sp³-hybridized carbons (Fsp3) is 0.438. The number of hydrogen-bond donors (Lipinski definition) is 1. The average molecular weight is 350 g/mol. The molecule has 1 N–H and O–H groups in total. The van der Waals surface area contributed by atoms with Gasteiger partial charge in [0, 0.05) is 31.5 Å². The summed E-state index contributed by atoms with van der Waals surface area (Å²) in [5, 5.41) is 3.51. The Hall–Kier alpha value is -1.33. The van der Waals surface area contributed by atoms with Crippen LogP contribution in [0.3, 0.4) is 0 Å². The zero-order valence-corrected chi connectivity index (χ0v) is 13.8. The number of ether oxygens (including phenoxy) is 1. The molecule has 1 aliphatic rings. The summed E-state index contributed by atoms with van der Waals surface area (Å²) in [4.78, 5) is 4.32. The van der Waals surface area contributed by atoms with E-state index in [1.165, 1.54) is 18.4 Å². The normalized spacial score (nSPS) is 14.4. The van der Waals surface area contributed by atoms with Crippen molar-refractivity contribution in [3.63, 3.8) is 0 Å². The van der Waals surface area contributed by atoms with Crippen LogP contribution in [0.25, 0.3) is 0 Å². The molecule has 1 saturated carbocycles. The molecule has 0 saturated heterocycles. The van der Waals surface area contributed by atoms with Gasteiger partial charge >= 0.3 is 0 Å². The average Bonchev–Trinajstić information content (AvgIpc) is 3.21. The summed E-state index contributed by atoms with van der Waals surface area (Å²) in [7, 11) is 0. The smallest absolute Gasteiger partial charge is 0.146 e. The van der Waals surface area contributed by atoms with Crippen LogP contribution in [0, 0.1) is 0 Å². The van der Waals surface area contributed by atoms with Crippen LogP contribution < -0.4 is 10.1 Å². The first kappa shape index (κ1) is 14.6. The van der Waals surface area contributed by atoms with Crippen LogP contribution in [-0.2, 0) is 19.7 Å². The van der Waals surface area contributed by atoms with E-state index in [0.29, 0.717) is 6.61 Å². The van der Waals surface area contributed by atoms with E-state index < -0.39 is 0 Å². The van der Waals surface area contributed by atoms with E-state index in [4.69, 9.17) is 4.74 Å². The Morgan fingerprint density at radius 3 is 3.00 bits per heavy atom. The number of nitrogens with one attached hydrogen (secondary N) is 1. The van der Waals surface area contributed by atoms with Crippen LogP contribution >= 0.6 is 15.9 Å². The standard InChI is InChI=1S/C16H20BrN3O/c1-2-20-8-7-18-16(20)11-21-15-6-3-12(9-14(15)17)10-19-13-4-5-13/h3,6-9,13,19H,2,4-5,10-11H2,1H3. The van der Waals surface area contributed by atoms with E-state index in [2.05, 4.69) is 49.9 Å². The van der Waals surface area contributed by atoms with Crippen LogP contribution in [0.1, 0.15) is 31.2 Å². The zero-order chi connectivity index (χ0) is 14.7. The summed E-state index contributed by atoms with van der Waals surface area (Å²) in [5.74, 6) is 1.81. The first-order valence-corrected chi connectivity index (χ1v) is 8.20. The van der Waals surface area contributed by atoms with Gasteiger partial charge in [0.25, 0.3) is 0 Å². The highest BCUT2D eigenvalue weighted by atomic mass is 79.9. The first-order chi connectivity index (χ1) is 10.3. The molecule has 0 bridgehead atoms. The molecule has 1 aromatic carbocycles. The topological polar surface area (TPSA) is 39.1 Å². The van der Waals surface area contributed by atoms with Gasteiger partial charge in [-0.15, -0.1) is 0 Å². The van der Waals surface area contributed by atoms with Gasteiger partial charge in [0.05, 0.1) is 4.47 Å². The van der Waals surface area contributed by atoms with Crippen molar-refractivity contribution in [3.05, 3.63) is 46.5 Å². The number of rotatable bonds is 7. The predicted octanol–water partition coefficient (Wildman–Crippen LogP) is 3.50. The van der Waals surface area contributed by atoms with Crippen molar-refractivity contribution in [3.8, 4) is 5.75 Å². The number of aromatic nitrogens is 2. The number of benzene rings is 1.